The van der Waals surface area contributed by atoms with Gasteiger partial charge in [0.05, 0.1) is 6.61 Å². The number of carbonyl (C=O) groups excluding carboxylic acids is 1. The lowest BCUT2D eigenvalue weighted by atomic mass is 9.99. The Kier molecular flexibility index (Phi) is 6.43. The molecule has 6 heteroatoms. The molecule has 0 aromatic heterocycles. The van der Waals surface area contributed by atoms with E-state index in [4.69, 9.17) is 16.3 Å². The summed E-state index contributed by atoms with van der Waals surface area (Å²) >= 11 is 5.93. The highest BCUT2D eigenvalue weighted by Crippen LogP contribution is 2.27. The molecule has 2 heterocycles. The van der Waals surface area contributed by atoms with Gasteiger partial charge in [0.15, 0.2) is 0 Å². The number of fused-ring (bicyclic) bond motifs is 1. The Morgan fingerprint density at radius 1 is 1.32 bits per heavy atom. The lowest BCUT2D eigenvalue weighted by molar-refractivity contribution is 0.179. The minimum atomic E-state index is -0.0555. The summed E-state index contributed by atoms with van der Waals surface area (Å²) in [6.45, 7) is 5.46. The van der Waals surface area contributed by atoms with Crippen LogP contribution in [0.3, 0.4) is 0 Å². The van der Waals surface area contributed by atoms with Gasteiger partial charge >= 0.3 is 6.03 Å². The third kappa shape index (κ3) is 5.02. The molecule has 0 aliphatic carbocycles. The topological polar surface area (TPSA) is 53.6 Å². The molecule has 25 heavy (non-hydrogen) atoms. The molecule has 2 atom stereocenters. The van der Waals surface area contributed by atoms with Crippen LogP contribution in [0.1, 0.15) is 37.7 Å². The van der Waals surface area contributed by atoms with Crippen LogP contribution in [0.5, 0.6) is 5.75 Å². The minimum Gasteiger partial charge on any atom is -0.493 e. The van der Waals surface area contributed by atoms with Gasteiger partial charge in [0.2, 0.25) is 0 Å². The van der Waals surface area contributed by atoms with Crippen LogP contribution in [0.4, 0.5) is 4.79 Å². The zero-order valence-corrected chi connectivity index (χ0v) is 15.6. The second-order valence-electron chi connectivity index (χ2n) is 7.01. The van der Waals surface area contributed by atoms with Gasteiger partial charge in [-0.2, -0.15) is 0 Å². The standard InChI is InChI=1S/C19H28ClN3O2/c1-14-13-15(20)6-7-18(14)25-12-4-9-21-19(24)22-16-8-11-23-10-3-2-5-17(16)23/h6-7,13,16-17H,2-5,8-12H2,1H3,(H2,21,22,24). The van der Waals surface area contributed by atoms with E-state index >= 15 is 0 Å². The Hall–Kier alpha value is -1.46. The van der Waals surface area contributed by atoms with Crippen molar-refractivity contribution in [1.29, 1.82) is 0 Å². The van der Waals surface area contributed by atoms with Crippen molar-refractivity contribution in [2.75, 3.05) is 26.2 Å². The van der Waals surface area contributed by atoms with E-state index in [-0.39, 0.29) is 6.03 Å². The summed E-state index contributed by atoms with van der Waals surface area (Å²) in [7, 11) is 0. The molecule has 2 fully saturated rings. The largest absolute Gasteiger partial charge is 0.493 e. The number of rotatable bonds is 6. The molecule has 0 radical (unpaired) electrons. The molecule has 5 nitrogen and oxygen atoms in total. The lowest BCUT2D eigenvalue weighted by Gasteiger charge is -2.32. The molecule has 2 unspecified atom stereocenters. The van der Waals surface area contributed by atoms with Gasteiger partial charge in [0.1, 0.15) is 5.75 Å². The fraction of sp³-hybridized carbons (Fsp3) is 0.632. The van der Waals surface area contributed by atoms with Crippen LogP contribution in [0, 0.1) is 6.92 Å². The molecule has 138 valence electrons. The Bertz CT molecular complexity index is 596. The van der Waals surface area contributed by atoms with Gasteiger partial charge in [-0.1, -0.05) is 18.0 Å². The second kappa shape index (κ2) is 8.77. The third-order valence-electron chi connectivity index (χ3n) is 5.17. The van der Waals surface area contributed by atoms with Crippen molar-refractivity contribution >= 4 is 17.6 Å². The van der Waals surface area contributed by atoms with Crippen molar-refractivity contribution in [3.63, 3.8) is 0 Å². The highest BCUT2D eigenvalue weighted by molar-refractivity contribution is 6.30. The summed E-state index contributed by atoms with van der Waals surface area (Å²) in [4.78, 5) is 14.6. The van der Waals surface area contributed by atoms with E-state index in [1.54, 1.807) is 0 Å². The van der Waals surface area contributed by atoms with Gasteiger partial charge in [0, 0.05) is 30.2 Å². The van der Waals surface area contributed by atoms with E-state index in [0.717, 1.165) is 30.7 Å². The predicted octanol–water partition coefficient (Wildman–Crippen LogP) is 3.34. The van der Waals surface area contributed by atoms with Crippen molar-refractivity contribution in [1.82, 2.24) is 15.5 Å². The van der Waals surface area contributed by atoms with E-state index in [1.807, 2.05) is 25.1 Å². The van der Waals surface area contributed by atoms with Gasteiger partial charge in [-0.3, -0.25) is 4.90 Å². The van der Waals surface area contributed by atoms with Crippen LogP contribution in [0.25, 0.3) is 0 Å². The number of aryl methyl sites for hydroxylation is 1. The first-order valence-corrected chi connectivity index (χ1v) is 9.68. The molecule has 0 bridgehead atoms. The highest BCUT2D eigenvalue weighted by Gasteiger charge is 2.36. The maximum Gasteiger partial charge on any atom is 0.315 e. The van der Waals surface area contributed by atoms with Crippen LogP contribution < -0.4 is 15.4 Å². The van der Waals surface area contributed by atoms with E-state index in [9.17, 15) is 4.79 Å². The number of carbonyl (C=O) groups is 1. The zero-order valence-electron chi connectivity index (χ0n) is 14.9. The second-order valence-corrected chi connectivity index (χ2v) is 7.44. The number of halogens is 1. The number of nitrogens with zero attached hydrogens (tertiary/aromatic N) is 1. The number of amides is 2. The summed E-state index contributed by atoms with van der Waals surface area (Å²) in [5.74, 6) is 0.845. The van der Waals surface area contributed by atoms with Crippen molar-refractivity contribution in [3.8, 4) is 5.75 Å². The summed E-state index contributed by atoms with van der Waals surface area (Å²) in [5, 5.41) is 6.81. The maximum absolute atomic E-state index is 12.1. The average molecular weight is 366 g/mol. The number of nitrogens with one attached hydrogen (secondary N) is 2. The van der Waals surface area contributed by atoms with Gasteiger partial charge in [-0.25, -0.2) is 4.79 Å². The van der Waals surface area contributed by atoms with Crippen LogP contribution >= 0.6 is 11.6 Å². The summed E-state index contributed by atoms with van der Waals surface area (Å²) in [6.07, 6.45) is 5.62. The molecule has 2 aliphatic rings. The minimum absolute atomic E-state index is 0.0555. The fourth-order valence-corrected chi connectivity index (χ4v) is 4.09. The van der Waals surface area contributed by atoms with Crippen LogP contribution in [-0.2, 0) is 0 Å². The molecular weight excluding hydrogens is 338 g/mol. The van der Waals surface area contributed by atoms with Gasteiger partial charge < -0.3 is 15.4 Å². The zero-order chi connectivity index (χ0) is 17.6. The molecule has 1 aromatic carbocycles. The van der Waals surface area contributed by atoms with Gasteiger partial charge in [-0.05, 0) is 62.9 Å². The first kappa shape index (κ1) is 18.3. The Morgan fingerprint density at radius 2 is 2.20 bits per heavy atom. The highest BCUT2D eigenvalue weighted by atomic mass is 35.5. The maximum atomic E-state index is 12.1. The smallest absolute Gasteiger partial charge is 0.315 e. The van der Waals surface area contributed by atoms with E-state index in [0.29, 0.717) is 30.3 Å². The Balaban J connectivity index is 1.31. The van der Waals surface area contributed by atoms with Gasteiger partial charge in [0.25, 0.3) is 0 Å². The van der Waals surface area contributed by atoms with E-state index in [2.05, 4.69) is 15.5 Å². The number of benzene rings is 1. The van der Waals surface area contributed by atoms with Crippen molar-refractivity contribution in [3.05, 3.63) is 28.8 Å². The molecule has 2 N–H and O–H groups in total. The third-order valence-corrected chi connectivity index (χ3v) is 5.41. The summed E-state index contributed by atoms with van der Waals surface area (Å²) < 4.78 is 5.74. The summed E-state index contributed by atoms with van der Waals surface area (Å²) in [5.41, 5.74) is 1.02. The SMILES string of the molecule is Cc1cc(Cl)ccc1OCCCNC(=O)NC1CCN2CCCCC12. The average Bonchev–Trinajstić information content (AvgIpc) is 2.99. The molecular formula is C19H28ClN3O2. The van der Waals surface area contributed by atoms with Crippen LogP contribution in [-0.4, -0.2) is 49.3 Å². The predicted molar refractivity (Wildman–Crippen MR) is 100 cm³/mol. The van der Waals surface area contributed by atoms with Gasteiger partial charge in [-0.15, -0.1) is 0 Å². The van der Waals surface area contributed by atoms with Crippen LogP contribution in [0.2, 0.25) is 5.02 Å². The quantitative estimate of drug-likeness (QED) is 0.760. The van der Waals surface area contributed by atoms with E-state index in [1.165, 1.54) is 25.8 Å². The molecule has 1 aromatic rings. The number of ether oxygens (including phenoxy) is 1. The monoisotopic (exact) mass is 365 g/mol. The molecule has 2 amide bonds. The number of urea groups is 1. The molecule has 0 saturated carbocycles. The summed E-state index contributed by atoms with van der Waals surface area (Å²) in [6, 6.07) is 6.38. The first-order chi connectivity index (χ1) is 12.1. The first-order valence-electron chi connectivity index (χ1n) is 9.31. The normalized spacial score (nSPS) is 23.1. The van der Waals surface area contributed by atoms with Crippen molar-refractivity contribution in [2.24, 2.45) is 0 Å². The number of hydrogen-bond donors (Lipinski definition) is 2. The van der Waals surface area contributed by atoms with E-state index < -0.39 is 0 Å². The van der Waals surface area contributed by atoms with Crippen molar-refractivity contribution in [2.45, 2.75) is 51.1 Å². The molecule has 0 spiro atoms. The number of piperidine rings is 1. The Morgan fingerprint density at radius 3 is 3.04 bits per heavy atom. The fourth-order valence-electron chi connectivity index (χ4n) is 3.87. The van der Waals surface area contributed by atoms with Crippen molar-refractivity contribution < 1.29 is 9.53 Å². The lowest BCUT2D eigenvalue weighted by Crippen LogP contribution is -2.49. The molecule has 3 rings (SSSR count). The molecule has 2 saturated heterocycles. The number of hydrogen-bond acceptors (Lipinski definition) is 3. The Labute approximate surface area is 155 Å². The molecule has 2 aliphatic heterocycles. The van der Waals surface area contributed by atoms with Crippen LogP contribution in [0.15, 0.2) is 18.2 Å².